The highest BCUT2D eigenvalue weighted by Gasteiger charge is 2.54. The van der Waals surface area contributed by atoms with E-state index in [0.29, 0.717) is 54.0 Å². The lowest BCUT2D eigenvalue weighted by molar-refractivity contribution is -0.153. The topological polar surface area (TPSA) is 110 Å². The summed E-state index contributed by atoms with van der Waals surface area (Å²) in [7, 11) is 2.74. The van der Waals surface area contributed by atoms with Crippen molar-refractivity contribution in [3.63, 3.8) is 0 Å². The zero-order chi connectivity index (χ0) is 32.3. The van der Waals surface area contributed by atoms with Crippen LogP contribution in [0, 0.1) is 16.7 Å². The minimum atomic E-state index is -4.69. The number of nitrogens with one attached hydrogen (secondary N) is 1. The van der Waals surface area contributed by atoms with Gasteiger partial charge in [0.2, 0.25) is 17.7 Å². The minimum absolute atomic E-state index is 0.0127. The molecule has 1 spiro atoms. The number of aryl methyl sites for hydroxylation is 1. The molecule has 3 heterocycles. The number of amides is 3. The number of nitrogens with zero attached hydrogens (tertiary/aromatic N) is 5. The second kappa shape index (κ2) is 11.5. The molecule has 0 unspecified atom stereocenters. The number of ether oxygens (including phenoxy) is 1. The van der Waals surface area contributed by atoms with Gasteiger partial charge in [-0.1, -0.05) is 29.7 Å². The van der Waals surface area contributed by atoms with E-state index >= 15 is 0 Å². The van der Waals surface area contributed by atoms with Gasteiger partial charge < -0.3 is 19.9 Å². The molecule has 0 bridgehead atoms. The number of aromatic nitrogens is 3. The maximum absolute atomic E-state index is 14.6. The SMILES string of the molecule is CNC(=O)[C@@]1(C)CCCC[C@H]1C(=O)N1CCc2c(Cl)ccc(OCc3nnn(C)c3C(F)(F)F)c2[C@H]1CN1CC2(CC2)CC1=O. The first kappa shape index (κ1) is 31.6. The molecular weight excluding hydrogens is 613 g/mol. The van der Waals surface area contributed by atoms with Crippen LogP contribution in [-0.2, 0) is 40.6 Å². The highest BCUT2D eigenvalue weighted by Crippen LogP contribution is 2.54. The molecule has 3 atom stereocenters. The van der Waals surface area contributed by atoms with Crippen LogP contribution in [-0.4, -0.2) is 69.2 Å². The van der Waals surface area contributed by atoms with Crippen molar-refractivity contribution in [2.24, 2.45) is 23.8 Å². The number of hydrogen-bond donors (Lipinski definition) is 1. The van der Waals surface area contributed by atoms with Gasteiger partial charge in [-0.05, 0) is 62.1 Å². The van der Waals surface area contributed by atoms with Gasteiger partial charge in [-0.2, -0.15) is 13.2 Å². The second-order valence-electron chi connectivity index (χ2n) is 13.3. The van der Waals surface area contributed by atoms with Crippen LogP contribution in [0.5, 0.6) is 5.75 Å². The summed E-state index contributed by atoms with van der Waals surface area (Å²) in [5, 5.41) is 10.4. The third-order valence-electron chi connectivity index (χ3n) is 10.4. The lowest BCUT2D eigenvalue weighted by Crippen LogP contribution is -2.54. The Kier molecular flexibility index (Phi) is 8.06. The summed E-state index contributed by atoms with van der Waals surface area (Å²) in [5.74, 6) is -0.656. The average molecular weight is 651 g/mol. The van der Waals surface area contributed by atoms with Gasteiger partial charge in [0.1, 0.15) is 18.1 Å². The number of rotatable bonds is 7. The Bertz CT molecular complexity index is 1530. The van der Waals surface area contributed by atoms with Gasteiger partial charge in [0.05, 0.1) is 17.4 Å². The van der Waals surface area contributed by atoms with Crippen LogP contribution in [0.1, 0.15) is 80.4 Å². The molecule has 45 heavy (non-hydrogen) atoms. The number of halogens is 4. The zero-order valence-corrected chi connectivity index (χ0v) is 26.4. The average Bonchev–Trinajstić information content (AvgIpc) is 3.52. The third kappa shape index (κ3) is 5.65. The van der Waals surface area contributed by atoms with Crippen molar-refractivity contribution in [2.75, 3.05) is 26.7 Å². The molecule has 0 radical (unpaired) electrons. The first-order chi connectivity index (χ1) is 21.3. The van der Waals surface area contributed by atoms with Gasteiger partial charge in [-0.3, -0.25) is 14.4 Å². The predicted molar refractivity (Wildman–Crippen MR) is 157 cm³/mol. The molecule has 2 saturated carbocycles. The molecular formula is C31H38ClF3N6O4. The van der Waals surface area contributed by atoms with Gasteiger partial charge >= 0.3 is 6.18 Å². The van der Waals surface area contributed by atoms with Crippen molar-refractivity contribution in [2.45, 2.75) is 77.1 Å². The number of benzene rings is 1. The Labute approximate surface area is 264 Å². The summed E-state index contributed by atoms with van der Waals surface area (Å²) in [4.78, 5) is 44.4. The van der Waals surface area contributed by atoms with Crippen molar-refractivity contribution >= 4 is 29.3 Å². The van der Waals surface area contributed by atoms with E-state index in [9.17, 15) is 27.6 Å². The summed E-state index contributed by atoms with van der Waals surface area (Å²) in [6.45, 7) is 2.42. The normalized spacial score (nSPS) is 25.8. The molecule has 1 aromatic heterocycles. The molecule has 3 fully saturated rings. The van der Waals surface area contributed by atoms with Crippen LogP contribution in [0.25, 0.3) is 0 Å². The minimum Gasteiger partial charge on any atom is -0.487 e. The number of fused-ring (bicyclic) bond motifs is 1. The van der Waals surface area contributed by atoms with Gasteiger partial charge in [0.25, 0.3) is 0 Å². The summed E-state index contributed by atoms with van der Waals surface area (Å²) in [6.07, 6.45) is 0.885. The van der Waals surface area contributed by atoms with Crippen LogP contribution in [0.2, 0.25) is 5.02 Å². The fraction of sp³-hybridized carbons (Fsp3) is 0.645. The molecule has 244 valence electrons. The van der Waals surface area contributed by atoms with E-state index in [1.54, 1.807) is 29.0 Å². The number of likely N-dealkylation sites (tertiary alicyclic amines) is 1. The smallest absolute Gasteiger partial charge is 0.435 e. The van der Waals surface area contributed by atoms with E-state index in [0.717, 1.165) is 31.2 Å². The highest BCUT2D eigenvalue weighted by atomic mass is 35.5. The molecule has 10 nitrogen and oxygen atoms in total. The standard InChI is InChI=1S/C31H38ClF3N6O4/c1-29(28(44)36-2)10-5-4-6-19(29)27(43)41-13-9-18-20(32)7-8-23(45-16-21-26(31(33,34)35)39(3)38-37-21)25(18)22(41)15-40-17-30(11-12-30)14-24(40)42/h7-8,19,22H,4-6,9-17H2,1-3H3,(H,36,44)/t19-,22+,29-/m0/s1. The Morgan fingerprint density at radius 1 is 1.20 bits per heavy atom. The lowest BCUT2D eigenvalue weighted by Gasteiger charge is -2.46. The van der Waals surface area contributed by atoms with Crippen LogP contribution in [0.15, 0.2) is 12.1 Å². The van der Waals surface area contributed by atoms with Crippen LogP contribution in [0.4, 0.5) is 13.2 Å². The molecule has 1 N–H and O–H groups in total. The number of carbonyl (C=O) groups excluding carboxylic acids is 3. The third-order valence-corrected chi connectivity index (χ3v) is 10.7. The van der Waals surface area contributed by atoms with Crippen molar-refractivity contribution in [3.8, 4) is 5.75 Å². The summed E-state index contributed by atoms with van der Waals surface area (Å²) in [6, 6.07) is 2.55. The van der Waals surface area contributed by atoms with E-state index in [2.05, 4.69) is 15.6 Å². The molecule has 2 aliphatic heterocycles. The first-order valence-corrected chi connectivity index (χ1v) is 15.9. The zero-order valence-electron chi connectivity index (χ0n) is 25.7. The second-order valence-corrected chi connectivity index (χ2v) is 13.7. The number of alkyl halides is 3. The molecule has 2 aliphatic carbocycles. The van der Waals surface area contributed by atoms with Gasteiger partial charge in [0.15, 0.2) is 5.69 Å². The molecule has 6 rings (SSSR count). The largest absolute Gasteiger partial charge is 0.487 e. The fourth-order valence-corrected chi connectivity index (χ4v) is 7.96. The Morgan fingerprint density at radius 3 is 2.62 bits per heavy atom. The van der Waals surface area contributed by atoms with Crippen LogP contribution < -0.4 is 10.1 Å². The molecule has 2 aromatic rings. The Balaban J connectivity index is 1.38. The van der Waals surface area contributed by atoms with E-state index in [1.165, 1.54) is 7.05 Å². The molecule has 1 saturated heterocycles. The predicted octanol–water partition coefficient (Wildman–Crippen LogP) is 4.45. The Hall–Kier alpha value is -3.35. The van der Waals surface area contributed by atoms with Crippen molar-refractivity contribution in [3.05, 3.63) is 39.7 Å². The first-order valence-electron chi connectivity index (χ1n) is 15.5. The van der Waals surface area contributed by atoms with Crippen LogP contribution in [0.3, 0.4) is 0 Å². The maximum Gasteiger partial charge on any atom is 0.435 e. The van der Waals surface area contributed by atoms with E-state index in [4.69, 9.17) is 16.3 Å². The van der Waals surface area contributed by atoms with Gasteiger partial charge in [-0.15, -0.1) is 5.10 Å². The Morgan fingerprint density at radius 2 is 1.96 bits per heavy atom. The molecule has 1 aromatic carbocycles. The van der Waals surface area contributed by atoms with Crippen LogP contribution >= 0.6 is 11.6 Å². The van der Waals surface area contributed by atoms with E-state index < -0.39 is 35.9 Å². The highest BCUT2D eigenvalue weighted by molar-refractivity contribution is 6.31. The number of hydrogen-bond acceptors (Lipinski definition) is 6. The van der Waals surface area contributed by atoms with Crippen molar-refractivity contribution < 1.29 is 32.3 Å². The fourth-order valence-electron chi connectivity index (χ4n) is 7.71. The lowest BCUT2D eigenvalue weighted by atomic mass is 9.66. The molecule has 3 amide bonds. The maximum atomic E-state index is 14.6. The van der Waals surface area contributed by atoms with Crippen molar-refractivity contribution in [1.82, 2.24) is 30.1 Å². The summed E-state index contributed by atoms with van der Waals surface area (Å²) in [5.41, 5.74) is -1.00. The molecule has 4 aliphatic rings. The van der Waals surface area contributed by atoms with E-state index in [-0.39, 0.29) is 41.1 Å². The molecule has 14 heteroatoms. The van der Waals surface area contributed by atoms with Gasteiger partial charge in [0, 0.05) is 50.7 Å². The number of carbonyl (C=O) groups is 3. The van der Waals surface area contributed by atoms with Crippen molar-refractivity contribution in [1.29, 1.82) is 0 Å². The summed E-state index contributed by atoms with van der Waals surface area (Å²) < 4.78 is 48.0. The quantitative estimate of drug-likeness (QED) is 0.475. The van der Waals surface area contributed by atoms with Gasteiger partial charge in [-0.25, -0.2) is 4.68 Å². The van der Waals surface area contributed by atoms with E-state index in [1.807, 2.05) is 6.92 Å². The summed E-state index contributed by atoms with van der Waals surface area (Å²) >= 11 is 6.70. The monoisotopic (exact) mass is 650 g/mol.